The number of aliphatic imine (C=N–C) groups is 1. The number of benzene rings is 3. The van der Waals surface area contributed by atoms with Gasteiger partial charge in [-0.2, -0.15) is 0 Å². The summed E-state index contributed by atoms with van der Waals surface area (Å²) in [6.45, 7) is 1.69. The smallest absolute Gasteiger partial charge is 0.240 e. The highest BCUT2D eigenvalue weighted by Crippen LogP contribution is 2.35. The molecule has 1 heterocycles. The average Bonchev–Trinajstić information content (AvgIpc) is 3.13. The molecule has 0 fully saturated rings. The van der Waals surface area contributed by atoms with Gasteiger partial charge in [-0.1, -0.05) is 30.3 Å². The van der Waals surface area contributed by atoms with E-state index < -0.39 is 0 Å². The number of likely N-dealkylation sites (N-methyl/N-ethyl adjacent to an activating group) is 2. The number of nitrogens with zero attached hydrogens (tertiary/aromatic N) is 4. The van der Waals surface area contributed by atoms with Crippen LogP contribution in [0.1, 0.15) is 22.8 Å². The maximum Gasteiger partial charge on any atom is 0.240 e. The Bertz CT molecular complexity index is 1450. The molecule has 3 aromatic carbocycles. The van der Waals surface area contributed by atoms with Crippen molar-refractivity contribution in [3.05, 3.63) is 83.9 Å². The van der Waals surface area contributed by atoms with E-state index in [0.717, 1.165) is 11.3 Å². The van der Waals surface area contributed by atoms with E-state index >= 15 is 0 Å². The predicted molar refractivity (Wildman–Crippen MR) is 144 cm³/mol. The van der Waals surface area contributed by atoms with Crippen LogP contribution >= 0.6 is 0 Å². The Hall–Kier alpha value is -4.43. The highest BCUT2D eigenvalue weighted by atomic mass is 16.3. The maximum absolute atomic E-state index is 12.4. The fraction of sp³-hybridized carbons (Fsp3) is 0.179. The number of hydrogen-bond acceptors (Lipinski definition) is 6. The van der Waals surface area contributed by atoms with E-state index in [2.05, 4.69) is 0 Å². The molecule has 1 aromatic heterocycles. The standard InChI is InChI=1S/C28H29N5O3/c1-18(34)33-24-16-20(29)10-15-23(24)26(28(33)36)27(19-8-6-5-7-9-19)30-21-11-13-22(14-12-21)32(4)25(35)17-31(2)3/h5-16,36H,17,29H2,1-4H3. The average molecular weight is 484 g/mol. The SMILES string of the molecule is CC(=O)n1c(O)c(C(=Nc2ccc(N(C)C(=O)CN(C)C)cc2)c2ccccc2)c2ccc(N)cc21. The lowest BCUT2D eigenvalue weighted by Crippen LogP contribution is -2.34. The first-order valence-electron chi connectivity index (χ1n) is 11.5. The summed E-state index contributed by atoms with van der Waals surface area (Å²) >= 11 is 0. The summed E-state index contributed by atoms with van der Waals surface area (Å²) in [6, 6.07) is 21.9. The number of rotatable bonds is 6. The maximum atomic E-state index is 12.4. The number of aromatic hydroxyl groups is 1. The number of carbonyl (C=O) groups is 2. The van der Waals surface area contributed by atoms with Crippen LogP contribution in [0.3, 0.4) is 0 Å². The molecule has 4 aromatic rings. The van der Waals surface area contributed by atoms with Crippen molar-refractivity contribution >= 4 is 45.5 Å². The molecule has 0 aliphatic heterocycles. The second-order valence-corrected chi connectivity index (χ2v) is 8.86. The van der Waals surface area contributed by atoms with Crippen molar-refractivity contribution < 1.29 is 14.7 Å². The van der Waals surface area contributed by atoms with Gasteiger partial charge in [-0.3, -0.25) is 14.2 Å². The van der Waals surface area contributed by atoms with Gasteiger partial charge in [0.25, 0.3) is 0 Å². The van der Waals surface area contributed by atoms with Gasteiger partial charge in [0, 0.05) is 36.3 Å². The first-order chi connectivity index (χ1) is 17.2. The monoisotopic (exact) mass is 483 g/mol. The Kier molecular flexibility index (Phi) is 6.89. The number of anilines is 2. The van der Waals surface area contributed by atoms with E-state index in [-0.39, 0.29) is 17.7 Å². The second kappa shape index (κ2) is 10.1. The molecule has 0 saturated carbocycles. The van der Waals surface area contributed by atoms with Crippen LogP contribution in [0.15, 0.2) is 77.8 Å². The largest absolute Gasteiger partial charge is 0.494 e. The minimum Gasteiger partial charge on any atom is -0.494 e. The molecule has 8 nitrogen and oxygen atoms in total. The number of hydrogen-bond donors (Lipinski definition) is 2. The van der Waals surface area contributed by atoms with Crippen LogP contribution in [0.5, 0.6) is 5.88 Å². The zero-order valence-corrected chi connectivity index (χ0v) is 20.8. The van der Waals surface area contributed by atoms with Gasteiger partial charge in [0.1, 0.15) is 0 Å². The van der Waals surface area contributed by atoms with Gasteiger partial charge in [0.2, 0.25) is 17.7 Å². The summed E-state index contributed by atoms with van der Waals surface area (Å²) in [7, 11) is 5.43. The fourth-order valence-electron chi connectivity index (χ4n) is 4.10. The lowest BCUT2D eigenvalue weighted by Gasteiger charge is -2.19. The van der Waals surface area contributed by atoms with Crippen LogP contribution in [0.25, 0.3) is 10.9 Å². The Labute approximate surface area is 209 Å². The van der Waals surface area contributed by atoms with Crippen molar-refractivity contribution in [3.63, 3.8) is 0 Å². The van der Waals surface area contributed by atoms with E-state index in [9.17, 15) is 14.7 Å². The van der Waals surface area contributed by atoms with Crippen molar-refractivity contribution in [1.29, 1.82) is 0 Å². The van der Waals surface area contributed by atoms with Crippen molar-refractivity contribution in [2.24, 2.45) is 4.99 Å². The number of aromatic nitrogens is 1. The summed E-state index contributed by atoms with van der Waals surface area (Å²) in [5.41, 5.74) is 10.1. The van der Waals surface area contributed by atoms with Crippen LogP contribution in [-0.2, 0) is 4.79 Å². The number of nitrogen functional groups attached to an aromatic ring is 1. The third kappa shape index (κ3) is 4.85. The quantitative estimate of drug-likeness (QED) is 0.315. The number of fused-ring (bicyclic) bond motifs is 1. The van der Waals surface area contributed by atoms with E-state index in [1.165, 1.54) is 11.5 Å². The third-order valence-electron chi connectivity index (χ3n) is 5.87. The summed E-state index contributed by atoms with van der Waals surface area (Å²) in [5.74, 6) is -0.560. The molecule has 0 spiro atoms. The van der Waals surface area contributed by atoms with Crippen LogP contribution in [0.4, 0.5) is 17.1 Å². The van der Waals surface area contributed by atoms with E-state index in [4.69, 9.17) is 10.7 Å². The van der Waals surface area contributed by atoms with Crippen LogP contribution in [0.2, 0.25) is 0 Å². The van der Waals surface area contributed by atoms with Gasteiger partial charge in [-0.05, 0) is 56.6 Å². The molecular weight excluding hydrogens is 454 g/mol. The summed E-state index contributed by atoms with van der Waals surface area (Å²) < 4.78 is 1.24. The van der Waals surface area contributed by atoms with Crippen LogP contribution in [-0.4, -0.2) is 59.8 Å². The molecule has 4 rings (SSSR count). The van der Waals surface area contributed by atoms with Crippen molar-refractivity contribution in [1.82, 2.24) is 9.47 Å². The molecule has 1 amide bonds. The zero-order valence-electron chi connectivity index (χ0n) is 20.8. The summed E-state index contributed by atoms with van der Waals surface area (Å²) in [6.07, 6.45) is 0. The van der Waals surface area contributed by atoms with Gasteiger partial charge in [0.05, 0.1) is 29.0 Å². The van der Waals surface area contributed by atoms with Crippen molar-refractivity contribution in [2.45, 2.75) is 6.92 Å². The lowest BCUT2D eigenvalue weighted by atomic mass is 10.0. The molecule has 0 radical (unpaired) electrons. The van der Waals surface area contributed by atoms with E-state index in [1.807, 2.05) is 73.6 Å². The van der Waals surface area contributed by atoms with E-state index in [1.54, 1.807) is 30.1 Å². The Morgan fingerprint density at radius 3 is 2.25 bits per heavy atom. The molecule has 0 bridgehead atoms. The number of carbonyl (C=O) groups excluding carboxylic acids is 2. The molecule has 184 valence electrons. The zero-order chi connectivity index (χ0) is 26.0. The molecule has 0 aliphatic rings. The van der Waals surface area contributed by atoms with Gasteiger partial charge in [-0.15, -0.1) is 0 Å². The normalized spacial score (nSPS) is 11.8. The summed E-state index contributed by atoms with van der Waals surface area (Å²) in [5, 5.41) is 11.9. The molecule has 0 atom stereocenters. The van der Waals surface area contributed by atoms with Crippen molar-refractivity contribution in [3.8, 4) is 5.88 Å². The summed E-state index contributed by atoms with van der Waals surface area (Å²) in [4.78, 5) is 33.2. The Morgan fingerprint density at radius 1 is 0.972 bits per heavy atom. The topological polar surface area (TPSA) is 104 Å². The highest BCUT2D eigenvalue weighted by molar-refractivity contribution is 6.23. The molecule has 36 heavy (non-hydrogen) atoms. The minimum absolute atomic E-state index is 0.0255. The second-order valence-electron chi connectivity index (χ2n) is 8.86. The van der Waals surface area contributed by atoms with Gasteiger partial charge in [0.15, 0.2) is 0 Å². The molecule has 0 saturated heterocycles. The molecular formula is C28H29N5O3. The number of nitrogens with two attached hydrogens (primary N) is 1. The van der Waals surface area contributed by atoms with Crippen LogP contribution in [0, 0.1) is 0 Å². The predicted octanol–water partition coefficient (Wildman–Crippen LogP) is 4.28. The van der Waals surface area contributed by atoms with Gasteiger partial charge >= 0.3 is 0 Å². The van der Waals surface area contributed by atoms with E-state index in [0.29, 0.717) is 40.1 Å². The number of amides is 1. The first-order valence-corrected chi connectivity index (χ1v) is 11.5. The van der Waals surface area contributed by atoms with Crippen molar-refractivity contribution in [2.75, 3.05) is 38.3 Å². The lowest BCUT2D eigenvalue weighted by molar-refractivity contribution is -0.118. The Balaban J connectivity index is 1.86. The minimum atomic E-state index is -0.337. The molecule has 8 heteroatoms. The fourth-order valence-corrected chi connectivity index (χ4v) is 4.10. The third-order valence-corrected chi connectivity index (χ3v) is 5.87. The highest BCUT2D eigenvalue weighted by Gasteiger charge is 2.24. The van der Waals surface area contributed by atoms with Crippen LogP contribution < -0.4 is 10.6 Å². The Morgan fingerprint density at radius 2 is 1.64 bits per heavy atom. The molecule has 3 N–H and O–H groups in total. The van der Waals surface area contributed by atoms with Gasteiger partial charge < -0.3 is 20.6 Å². The first kappa shape index (κ1) is 24.7. The van der Waals surface area contributed by atoms with Gasteiger partial charge in [-0.25, -0.2) is 4.99 Å². The molecule has 0 aliphatic carbocycles. The molecule has 0 unspecified atom stereocenters.